The Hall–Kier alpha value is -2.05. The maximum absolute atomic E-state index is 12.6. The van der Waals surface area contributed by atoms with Crippen molar-refractivity contribution in [2.24, 2.45) is 5.92 Å². The molecule has 1 heterocycles. The van der Waals surface area contributed by atoms with Crippen molar-refractivity contribution in [1.82, 2.24) is 5.32 Å². The fraction of sp³-hybridized carbons (Fsp3) is 0.350. The number of ether oxygens (including phenoxy) is 1. The van der Waals surface area contributed by atoms with Crippen molar-refractivity contribution in [2.75, 3.05) is 6.54 Å². The molecule has 0 radical (unpaired) electrons. The molecule has 3 rings (SSSR count). The normalized spacial score (nSPS) is 19.4. The summed E-state index contributed by atoms with van der Waals surface area (Å²) in [5.74, 6) is -0.0928. The summed E-state index contributed by atoms with van der Waals surface area (Å²) in [6.45, 7) is 0.882. The van der Waals surface area contributed by atoms with E-state index in [-0.39, 0.29) is 36.9 Å². The van der Waals surface area contributed by atoms with Gasteiger partial charge in [0.1, 0.15) is 12.6 Å². The summed E-state index contributed by atoms with van der Waals surface area (Å²) >= 11 is 0. The number of benzene rings is 2. The molecule has 1 aliphatic rings. The minimum atomic E-state index is -4.32. The van der Waals surface area contributed by atoms with E-state index in [0.29, 0.717) is 19.4 Å². The molecule has 1 saturated heterocycles. The summed E-state index contributed by atoms with van der Waals surface area (Å²) in [5, 5.41) is 3.14. The third-order valence-electron chi connectivity index (χ3n) is 4.54. The van der Waals surface area contributed by atoms with Crippen LogP contribution in [-0.2, 0) is 28.7 Å². The molecule has 1 fully saturated rings. The largest absolute Gasteiger partial charge is 0.460 e. The van der Waals surface area contributed by atoms with Crippen molar-refractivity contribution < 1.29 is 22.7 Å². The maximum Gasteiger partial charge on any atom is 0.416 e. The molecule has 3 nitrogen and oxygen atoms in total. The Balaban J connectivity index is 0.00000261. The molecule has 0 aromatic heterocycles. The van der Waals surface area contributed by atoms with Gasteiger partial charge in [0.25, 0.3) is 0 Å². The smallest absolute Gasteiger partial charge is 0.416 e. The highest BCUT2D eigenvalue weighted by atomic mass is 35.5. The molecule has 0 unspecified atom stereocenters. The highest BCUT2D eigenvalue weighted by Gasteiger charge is 2.32. The second kappa shape index (κ2) is 9.24. The minimum absolute atomic E-state index is 0. The van der Waals surface area contributed by atoms with Gasteiger partial charge in [0.2, 0.25) is 0 Å². The molecule has 2 aromatic carbocycles. The Morgan fingerprint density at radius 2 is 1.70 bits per heavy atom. The zero-order chi connectivity index (χ0) is 18.6. The van der Waals surface area contributed by atoms with Gasteiger partial charge in [-0.15, -0.1) is 12.4 Å². The zero-order valence-corrected chi connectivity index (χ0v) is 15.4. The van der Waals surface area contributed by atoms with E-state index in [1.165, 1.54) is 12.1 Å². The highest BCUT2D eigenvalue weighted by molar-refractivity contribution is 5.85. The van der Waals surface area contributed by atoms with Crippen molar-refractivity contribution in [3.8, 4) is 0 Å². The van der Waals surface area contributed by atoms with Gasteiger partial charge in [0.05, 0.1) is 5.56 Å². The third kappa shape index (κ3) is 5.97. The second-order valence-corrected chi connectivity index (χ2v) is 6.55. The first kappa shape index (κ1) is 21.3. The summed E-state index contributed by atoms with van der Waals surface area (Å²) in [5.41, 5.74) is 1.12. The van der Waals surface area contributed by atoms with Crippen molar-refractivity contribution in [2.45, 2.75) is 31.7 Å². The Morgan fingerprint density at radius 3 is 2.33 bits per heavy atom. The SMILES string of the molecule is Cl.O=C(OCc1ccccc1)[C@@H]1C[C@@H](Cc2ccc(C(F)(F)F)cc2)CN1. The van der Waals surface area contributed by atoms with Gasteiger partial charge in [-0.3, -0.25) is 4.79 Å². The van der Waals surface area contributed by atoms with E-state index in [4.69, 9.17) is 4.74 Å². The number of carbonyl (C=O) groups excluding carboxylic acids is 1. The van der Waals surface area contributed by atoms with Gasteiger partial charge in [-0.1, -0.05) is 42.5 Å². The molecule has 0 spiro atoms. The molecule has 0 saturated carbocycles. The Bertz CT molecular complexity index is 735. The van der Waals surface area contributed by atoms with Crippen molar-refractivity contribution >= 4 is 18.4 Å². The zero-order valence-electron chi connectivity index (χ0n) is 14.5. The molecule has 146 valence electrons. The Kier molecular flexibility index (Phi) is 7.27. The van der Waals surface area contributed by atoms with Gasteiger partial charge in [-0.2, -0.15) is 13.2 Å². The lowest BCUT2D eigenvalue weighted by atomic mass is 9.96. The van der Waals surface area contributed by atoms with E-state index < -0.39 is 11.7 Å². The number of hydrogen-bond acceptors (Lipinski definition) is 3. The van der Waals surface area contributed by atoms with Crippen LogP contribution in [0.4, 0.5) is 13.2 Å². The average molecular weight is 400 g/mol. The second-order valence-electron chi connectivity index (χ2n) is 6.55. The fourth-order valence-electron chi connectivity index (χ4n) is 3.14. The number of carbonyl (C=O) groups is 1. The van der Waals surface area contributed by atoms with Crippen LogP contribution in [-0.4, -0.2) is 18.6 Å². The predicted molar refractivity (Wildman–Crippen MR) is 98.5 cm³/mol. The molecule has 1 N–H and O–H groups in total. The van der Waals surface area contributed by atoms with E-state index in [0.717, 1.165) is 23.3 Å². The van der Waals surface area contributed by atoms with Gasteiger partial charge >= 0.3 is 12.1 Å². The van der Waals surface area contributed by atoms with Gasteiger partial charge in [-0.25, -0.2) is 0 Å². The van der Waals surface area contributed by atoms with Crippen LogP contribution in [0, 0.1) is 5.92 Å². The first-order valence-electron chi connectivity index (χ1n) is 8.52. The van der Waals surface area contributed by atoms with E-state index in [9.17, 15) is 18.0 Å². The van der Waals surface area contributed by atoms with Crippen LogP contribution in [0.5, 0.6) is 0 Å². The lowest BCUT2D eigenvalue weighted by Crippen LogP contribution is -2.32. The van der Waals surface area contributed by atoms with E-state index in [1.54, 1.807) is 0 Å². The Morgan fingerprint density at radius 1 is 1.04 bits per heavy atom. The number of hydrogen-bond donors (Lipinski definition) is 1. The summed E-state index contributed by atoms with van der Waals surface area (Å²) in [6, 6.07) is 14.3. The van der Waals surface area contributed by atoms with Crippen LogP contribution in [0.3, 0.4) is 0 Å². The molecule has 2 atom stereocenters. The van der Waals surface area contributed by atoms with Crippen LogP contribution in [0.25, 0.3) is 0 Å². The first-order chi connectivity index (χ1) is 12.4. The lowest BCUT2D eigenvalue weighted by Gasteiger charge is -2.12. The number of alkyl halides is 3. The summed E-state index contributed by atoms with van der Waals surface area (Å²) < 4.78 is 43.1. The maximum atomic E-state index is 12.6. The van der Waals surface area contributed by atoms with E-state index in [2.05, 4.69) is 5.32 Å². The summed E-state index contributed by atoms with van der Waals surface area (Å²) in [6.07, 6.45) is -3.07. The molecule has 2 aromatic rings. The van der Waals surface area contributed by atoms with Gasteiger partial charge < -0.3 is 10.1 Å². The van der Waals surface area contributed by atoms with Gasteiger partial charge in [-0.05, 0) is 48.6 Å². The number of rotatable bonds is 5. The van der Waals surface area contributed by atoms with Crippen LogP contribution < -0.4 is 5.32 Å². The fourth-order valence-corrected chi connectivity index (χ4v) is 3.14. The summed E-state index contributed by atoms with van der Waals surface area (Å²) in [4.78, 5) is 12.2. The minimum Gasteiger partial charge on any atom is -0.460 e. The quantitative estimate of drug-likeness (QED) is 0.758. The van der Waals surface area contributed by atoms with Crippen molar-refractivity contribution in [1.29, 1.82) is 0 Å². The first-order valence-corrected chi connectivity index (χ1v) is 8.52. The molecule has 0 amide bonds. The molecule has 7 heteroatoms. The predicted octanol–water partition coefficient (Wildman–Crippen LogP) is 4.39. The van der Waals surface area contributed by atoms with Crippen LogP contribution >= 0.6 is 12.4 Å². The third-order valence-corrected chi connectivity index (χ3v) is 4.54. The molecule has 1 aliphatic heterocycles. The van der Waals surface area contributed by atoms with E-state index >= 15 is 0 Å². The monoisotopic (exact) mass is 399 g/mol. The molecular formula is C20H21ClF3NO2. The molecular weight excluding hydrogens is 379 g/mol. The number of halogens is 4. The summed E-state index contributed by atoms with van der Waals surface area (Å²) in [7, 11) is 0. The highest BCUT2D eigenvalue weighted by Crippen LogP contribution is 2.30. The van der Waals surface area contributed by atoms with Crippen LogP contribution in [0.15, 0.2) is 54.6 Å². The standard InChI is InChI=1S/C20H20F3NO2.ClH/c21-20(22,23)17-8-6-14(7-9-17)10-16-11-18(24-12-16)19(25)26-13-15-4-2-1-3-5-15;/h1-9,16,18,24H,10-13H2;1H/t16-,18+;/m1./s1. The van der Waals surface area contributed by atoms with Crippen LogP contribution in [0.2, 0.25) is 0 Å². The van der Waals surface area contributed by atoms with E-state index in [1.807, 2.05) is 30.3 Å². The number of esters is 1. The topological polar surface area (TPSA) is 38.3 Å². The lowest BCUT2D eigenvalue weighted by molar-refractivity contribution is -0.147. The molecule has 27 heavy (non-hydrogen) atoms. The average Bonchev–Trinajstić information content (AvgIpc) is 3.09. The van der Waals surface area contributed by atoms with Crippen molar-refractivity contribution in [3.63, 3.8) is 0 Å². The van der Waals surface area contributed by atoms with Gasteiger partial charge in [0.15, 0.2) is 0 Å². The van der Waals surface area contributed by atoms with Crippen LogP contribution in [0.1, 0.15) is 23.1 Å². The van der Waals surface area contributed by atoms with Gasteiger partial charge in [0, 0.05) is 0 Å². The number of nitrogens with one attached hydrogen (secondary N) is 1. The molecule has 0 aliphatic carbocycles. The Labute approximate surface area is 162 Å². The van der Waals surface area contributed by atoms with Crippen molar-refractivity contribution in [3.05, 3.63) is 71.3 Å². The molecule has 0 bridgehead atoms.